The van der Waals surface area contributed by atoms with Gasteiger partial charge in [0.05, 0.1) is 32.5 Å². The highest BCUT2D eigenvalue weighted by atomic mass is 16.5. The van der Waals surface area contributed by atoms with Gasteiger partial charge in [0.15, 0.2) is 0 Å². The minimum absolute atomic E-state index is 0.0233. The summed E-state index contributed by atoms with van der Waals surface area (Å²) >= 11 is 0. The fraction of sp³-hybridized carbons (Fsp3) is 0.417. The van der Waals surface area contributed by atoms with Crippen LogP contribution in [0.3, 0.4) is 0 Å². The largest absolute Gasteiger partial charge is 0.497 e. The van der Waals surface area contributed by atoms with Crippen molar-refractivity contribution in [3.05, 3.63) is 23.8 Å². The summed E-state index contributed by atoms with van der Waals surface area (Å²) in [5.74, 6) is 0.575. The molecule has 0 saturated carbocycles. The second-order valence-electron chi connectivity index (χ2n) is 3.61. The molecule has 18 heavy (non-hydrogen) atoms. The Balaban J connectivity index is 2.78. The summed E-state index contributed by atoms with van der Waals surface area (Å²) in [5.41, 5.74) is 0.337. The minimum atomic E-state index is -0.974. The molecular weight excluding hydrogens is 238 g/mol. The van der Waals surface area contributed by atoms with Gasteiger partial charge in [-0.15, -0.1) is 0 Å². The monoisotopic (exact) mass is 255 g/mol. The van der Waals surface area contributed by atoms with Gasteiger partial charge in [0.2, 0.25) is 0 Å². The van der Waals surface area contributed by atoms with Crippen LogP contribution >= 0.6 is 0 Å². The lowest BCUT2D eigenvalue weighted by Gasteiger charge is -2.12. The summed E-state index contributed by atoms with van der Waals surface area (Å²) in [6.07, 6.45) is -0.974. The predicted molar refractivity (Wildman–Crippen MR) is 65.0 cm³/mol. The van der Waals surface area contributed by atoms with Gasteiger partial charge < -0.3 is 25.0 Å². The van der Waals surface area contributed by atoms with Gasteiger partial charge in [-0.3, -0.25) is 4.79 Å². The van der Waals surface area contributed by atoms with Crippen molar-refractivity contribution < 1.29 is 24.5 Å². The lowest BCUT2D eigenvalue weighted by molar-refractivity contribution is 0.0800. The third-order valence-corrected chi connectivity index (χ3v) is 2.36. The molecule has 0 fully saturated rings. The van der Waals surface area contributed by atoms with E-state index in [2.05, 4.69) is 5.32 Å². The Labute approximate surface area is 105 Å². The fourth-order valence-corrected chi connectivity index (χ4v) is 1.36. The van der Waals surface area contributed by atoms with E-state index in [0.29, 0.717) is 17.1 Å². The van der Waals surface area contributed by atoms with Crippen LogP contribution in [0.15, 0.2) is 18.2 Å². The van der Waals surface area contributed by atoms with Crippen LogP contribution in [0.1, 0.15) is 10.4 Å². The van der Waals surface area contributed by atoms with E-state index in [4.69, 9.17) is 19.7 Å². The van der Waals surface area contributed by atoms with Crippen LogP contribution < -0.4 is 14.8 Å². The number of ether oxygens (including phenoxy) is 2. The molecule has 0 aromatic heterocycles. The molecule has 0 aliphatic rings. The molecule has 100 valence electrons. The van der Waals surface area contributed by atoms with Gasteiger partial charge in [0.25, 0.3) is 5.91 Å². The maximum atomic E-state index is 11.8. The Morgan fingerprint density at radius 1 is 1.39 bits per heavy atom. The Morgan fingerprint density at radius 3 is 2.67 bits per heavy atom. The number of benzene rings is 1. The van der Waals surface area contributed by atoms with Crippen LogP contribution in [0.5, 0.6) is 11.5 Å². The molecule has 0 aliphatic heterocycles. The van der Waals surface area contributed by atoms with E-state index in [-0.39, 0.29) is 12.5 Å². The lowest BCUT2D eigenvalue weighted by Crippen LogP contribution is -2.34. The first-order chi connectivity index (χ1) is 8.62. The molecule has 3 N–H and O–H groups in total. The molecule has 0 aliphatic carbocycles. The second kappa shape index (κ2) is 6.83. The number of hydrogen-bond donors (Lipinski definition) is 3. The SMILES string of the molecule is COc1ccc(C(=O)NCC(O)CO)c(OC)c1. The first kappa shape index (κ1) is 14.3. The molecule has 1 amide bonds. The normalized spacial score (nSPS) is 11.8. The standard InChI is InChI=1S/C12H17NO5/c1-17-9-3-4-10(11(5-9)18-2)12(16)13-6-8(15)7-14/h3-5,8,14-15H,6-7H2,1-2H3,(H,13,16). The first-order valence-corrected chi connectivity index (χ1v) is 5.41. The zero-order valence-corrected chi connectivity index (χ0v) is 10.3. The van der Waals surface area contributed by atoms with Crippen LogP contribution in [-0.2, 0) is 0 Å². The van der Waals surface area contributed by atoms with Gasteiger partial charge in [0.1, 0.15) is 11.5 Å². The van der Waals surface area contributed by atoms with Crippen LogP contribution in [0.25, 0.3) is 0 Å². The van der Waals surface area contributed by atoms with Crippen molar-refractivity contribution in [1.29, 1.82) is 0 Å². The van der Waals surface area contributed by atoms with E-state index in [1.54, 1.807) is 18.2 Å². The highest BCUT2D eigenvalue weighted by molar-refractivity contribution is 5.97. The number of hydrogen-bond acceptors (Lipinski definition) is 5. The number of methoxy groups -OCH3 is 2. The molecule has 0 radical (unpaired) electrons. The summed E-state index contributed by atoms with van der Waals surface area (Å²) in [7, 11) is 2.97. The quantitative estimate of drug-likeness (QED) is 0.654. The Hall–Kier alpha value is -1.79. The van der Waals surface area contributed by atoms with Crippen molar-refractivity contribution in [2.75, 3.05) is 27.4 Å². The van der Waals surface area contributed by atoms with Gasteiger partial charge >= 0.3 is 0 Å². The number of carbonyl (C=O) groups excluding carboxylic acids is 1. The number of nitrogens with one attached hydrogen (secondary N) is 1. The Kier molecular flexibility index (Phi) is 5.41. The van der Waals surface area contributed by atoms with Crippen molar-refractivity contribution in [3.8, 4) is 11.5 Å². The molecular formula is C12H17NO5. The molecule has 1 aromatic carbocycles. The molecule has 0 saturated heterocycles. The van der Waals surface area contributed by atoms with Crippen molar-refractivity contribution in [2.45, 2.75) is 6.10 Å². The van der Waals surface area contributed by atoms with E-state index in [0.717, 1.165) is 0 Å². The van der Waals surface area contributed by atoms with Gasteiger partial charge in [-0.25, -0.2) is 0 Å². The average Bonchev–Trinajstić information content (AvgIpc) is 2.43. The zero-order chi connectivity index (χ0) is 13.5. The molecule has 1 unspecified atom stereocenters. The third-order valence-electron chi connectivity index (χ3n) is 2.36. The summed E-state index contributed by atoms with van der Waals surface area (Å²) in [4.78, 5) is 11.8. The molecule has 1 rings (SSSR count). The highest BCUT2D eigenvalue weighted by Gasteiger charge is 2.14. The fourth-order valence-electron chi connectivity index (χ4n) is 1.36. The molecule has 6 nitrogen and oxygen atoms in total. The van der Waals surface area contributed by atoms with E-state index < -0.39 is 12.7 Å². The Morgan fingerprint density at radius 2 is 2.11 bits per heavy atom. The molecule has 0 spiro atoms. The number of rotatable bonds is 6. The molecule has 0 heterocycles. The maximum absolute atomic E-state index is 11.8. The van der Waals surface area contributed by atoms with Gasteiger partial charge in [-0.1, -0.05) is 0 Å². The predicted octanol–water partition coefficient (Wildman–Crippen LogP) is -0.213. The maximum Gasteiger partial charge on any atom is 0.255 e. The smallest absolute Gasteiger partial charge is 0.255 e. The third kappa shape index (κ3) is 3.61. The summed E-state index contributed by atoms with van der Waals surface area (Å²) in [6, 6.07) is 4.80. The topological polar surface area (TPSA) is 88.0 Å². The van der Waals surface area contributed by atoms with Crippen LogP contribution in [-0.4, -0.2) is 49.6 Å². The summed E-state index contributed by atoms with van der Waals surface area (Å²) in [5, 5.41) is 20.3. The lowest BCUT2D eigenvalue weighted by atomic mass is 10.1. The molecule has 1 atom stereocenters. The minimum Gasteiger partial charge on any atom is -0.497 e. The van der Waals surface area contributed by atoms with E-state index in [1.165, 1.54) is 14.2 Å². The van der Waals surface area contributed by atoms with Crippen LogP contribution in [0.4, 0.5) is 0 Å². The van der Waals surface area contributed by atoms with Gasteiger partial charge in [-0.05, 0) is 12.1 Å². The van der Waals surface area contributed by atoms with Crippen molar-refractivity contribution in [1.82, 2.24) is 5.32 Å². The van der Waals surface area contributed by atoms with Gasteiger partial charge in [0, 0.05) is 12.6 Å². The molecule has 1 aromatic rings. The van der Waals surface area contributed by atoms with Gasteiger partial charge in [-0.2, -0.15) is 0 Å². The second-order valence-corrected chi connectivity index (χ2v) is 3.61. The summed E-state index contributed by atoms with van der Waals surface area (Å²) < 4.78 is 10.1. The number of amides is 1. The average molecular weight is 255 g/mol. The highest BCUT2D eigenvalue weighted by Crippen LogP contribution is 2.24. The number of aliphatic hydroxyl groups excluding tert-OH is 2. The van der Waals surface area contributed by atoms with E-state index >= 15 is 0 Å². The van der Waals surface area contributed by atoms with Crippen molar-refractivity contribution in [3.63, 3.8) is 0 Å². The number of carbonyl (C=O) groups is 1. The van der Waals surface area contributed by atoms with Crippen LogP contribution in [0, 0.1) is 0 Å². The van der Waals surface area contributed by atoms with E-state index in [9.17, 15) is 4.79 Å². The molecule has 0 bridgehead atoms. The number of aliphatic hydroxyl groups is 2. The van der Waals surface area contributed by atoms with E-state index in [1.807, 2.05) is 0 Å². The van der Waals surface area contributed by atoms with Crippen molar-refractivity contribution >= 4 is 5.91 Å². The van der Waals surface area contributed by atoms with Crippen LogP contribution in [0.2, 0.25) is 0 Å². The van der Waals surface area contributed by atoms with Crippen molar-refractivity contribution in [2.24, 2.45) is 0 Å². The summed E-state index contributed by atoms with van der Waals surface area (Å²) in [6.45, 7) is -0.426. The molecule has 6 heteroatoms. The zero-order valence-electron chi connectivity index (χ0n) is 10.3. The first-order valence-electron chi connectivity index (χ1n) is 5.41. The Bertz CT molecular complexity index is 407.